The molecule has 0 unspecified atom stereocenters. The third kappa shape index (κ3) is 3.15. The van der Waals surface area contributed by atoms with Crippen LogP contribution in [0.1, 0.15) is 31.2 Å². The van der Waals surface area contributed by atoms with E-state index >= 15 is 0 Å². The highest BCUT2D eigenvalue weighted by Crippen LogP contribution is 2.33. The van der Waals surface area contributed by atoms with E-state index in [1.165, 1.54) is 25.7 Å². The van der Waals surface area contributed by atoms with Gasteiger partial charge in [0.05, 0.1) is 11.3 Å². The van der Waals surface area contributed by atoms with E-state index in [9.17, 15) is 0 Å². The molecule has 0 aliphatic heterocycles. The lowest BCUT2D eigenvalue weighted by Crippen LogP contribution is -2.03. The van der Waals surface area contributed by atoms with E-state index in [0.717, 1.165) is 18.2 Å². The van der Waals surface area contributed by atoms with E-state index in [-0.39, 0.29) is 0 Å². The standard InChI is InChI=1S/C13H15ClN2/c14-12-6-5-11(9-15)13(8-12)16-7-1-2-10-3-4-10/h5-6,8,10,16H,1-4,7H2. The molecular weight excluding hydrogens is 220 g/mol. The van der Waals surface area contributed by atoms with E-state index in [4.69, 9.17) is 16.9 Å². The molecule has 0 bridgehead atoms. The van der Waals surface area contributed by atoms with Crippen LogP contribution in [0.15, 0.2) is 18.2 Å². The van der Waals surface area contributed by atoms with Gasteiger partial charge in [-0.3, -0.25) is 0 Å². The van der Waals surface area contributed by atoms with Crippen LogP contribution in [0, 0.1) is 17.2 Å². The molecule has 1 aromatic rings. The minimum Gasteiger partial charge on any atom is -0.384 e. The second kappa shape index (κ2) is 5.23. The monoisotopic (exact) mass is 234 g/mol. The van der Waals surface area contributed by atoms with Crippen LogP contribution in [0.3, 0.4) is 0 Å². The summed E-state index contributed by atoms with van der Waals surface area (Å²) in [4.78, 5) is 0. The molecule has 2 rings (SSSR count). The molecule has 1 fully saturated rings. The van der Waals surface area contributed by atoms with Gasteiger partial charge in [0, 0.05) is 11.6 Å². The Morgan fingerprint density at radius 1 is 1.44 bits per heavy atom. The Balaban J connectivity index is 1.86. The maximum atomic E-state index is 8.93. The van der Waals surface area contributed by atoms with Crippen LogP contribution in [-0.4, -0.2) is 6.54 Å². The summed E-state index contributed by atoms with van der Waals surface area (Å²) in [5.41, 5.74) is 1.52. The Hall–Kier alpha value is -1.20. The van der Waals surface area contributed by atoms with E-state index < -0.39 is 0 Å². The van der Waals surface area contributed by atoms with Crippen molar-refractivity contribution in [2.24, 2.45) is 5.92 Å². The van der Waals surface area contributed by atoms with Gasteiger partial charge in [-0.2, -0.15) is 5.26 Å². The minimum absolute atomic E-state index is 0.663. The summed E-state index contributed by atoms with van der Waals surface area (Å²) in [7, 11) is 0. The molecular formula is C13H15ClN2. The summed E-state index contributed by atoms with van der Waals surface area (Å²) < 4.78 is 0. The number of nitrogens with one attached hydrogen (secondary N) is 1. The van der Waals surface area contributed by atoms with Gasteiger partial charge >= 0.3 is 0 Å². The molecule has 16 heavy (non-hydrogen) atoms. The summed E-state index contributed by atoms with van der Waals surface area (Å²) >= 11 is 5.90. The molecule has 84 valence electrons. The number of nitrogens with zero attached hydrogens (tertiary/aromatic N) is 1. The van der Waals surface area contributed by atoms with Crippen LogP contribution in [-0.2, 0) is 0 Å². The number of anilines is 1. The van der Waals surface area contributed by atoms with Crippen molar-refractivity contribution < 1.29 is 0 Å². The maximum absolute atomic E-state index is 8.93. The van der Waals surface area contributed by atoms with Gasteiger partial charge in [0.15, 0.2) is 0 Å². The molecule has 1 aliphatic carbocycles. The van der Waals surface area contributed by atoms with Crippen LogP contribution < -0.4 is 5.32 Å². The molecule has 3 heteroatoms. The Morgan fingerprint density at radius 2 is 2.25 bits per heavy atom. The molecule has 0 aromatic heterocycles. The Bertz CT molecular complexity index is 405. The summed E-state index contributed by atoms with van der Waals surface area (Å²) in [5.74, 6) is 0.969. The Morgan fingerprint density at radius 3 is 2.94 bits per heavy atom. The molecule has 0 spiro atoms. The molecule has 2 nitrogen and oxygen atoms in total. The SMILES string of the molecule is N#Cc1ccc(Cl)cc1NCCCC1CC1. The van der Waals surface area contributed by atoms with Crippen LogP contribution in [0.25, 0.3) is 0 Å². The average molecular weight is 235 g/mol. The van der Waals surface area contributed by atoms with Gasteiger partial charge in [-0.15, -0.1) is 0 Å². The first-order valence-corrected chi connectivity index (χ1v) is 6.11. The molecule has 0 atom stereocenters. The summed E-state index contributed by atoms with van der Waals surface area (Å²) in [6.45, 7) is 0.922. The van der Waals surface area contributed by atoms with Gasteiger partial charge in [-0.05, 0) is 37.0 Å². The Kier molecular flexibility index (Phi) is 3.69. The van der Waals surface area contributed by atoms with E-state index in [1.807, 2.05) is 6.07 Å². The van der Waals surface area contributed by atoms with Crippen molar-refractivity contribution in [3.05, 3.63) is 28.8 Å². The summed E-state index contributed by atoms with van der Waals surface area (Å²) in [6, 6.07) is 7.48. The Labute approximate surface area is 101 Å². The first-order chi connectivity index (χ1) is 7.79. The van der Waals surface area contributed by atoms with Crippen molar-refractivity contribution in [1.29, 1.82) is 5.26 Å². The van der Waals surface area contributed by atoms with Crippen molar-refractivity contribution in [2.45, 2.75) is 25.7 Å². The highest BCUT2D eigenvalue weighted by Gasteiger charge is 2.19. The predicted molar refractivity (Wildman–Crippen MR) is 66.6 cm³/mol. The van der Waals surface area contributed by atoms with Crippen molar-refractivity contribution in [3.63, 3.8) is 0 Å². The highest BCUT2D eigenvalue weighted by atomic mass is 35.5. The number of nitriles is 1. The lowest BCUT2D eigenvalue weighted by molar-refractivity contribution is 0.687. The van der Waals surface area contributed by atoms with Gasteiger partial charge in [-0.25, -0.2) is 0 Å². The van der Waals surface area contributed by atoms with Crippen molar-refractivity contribution in [3.8, 4) is 6.07 Å². The number of rotatable bonds is 5. The second-order valence-corrected chi connectivity index (χ2v) is 4.75. The predicted octanol–water partition coefficient (Wildman–Crippen LogP) is 3.81. The molecule has 1 saturated carbocycles. The fourth-order valence-electron chi connectivity index (χ4n) is 1.78. The zero-order valence-electron chi connectivity index (χ0n) is 9.17. The zero-order valence-corrected chi connectivity index (χ0v) is 9.93. The molecule has 1 N–H and O–H groups in total. The van der Waals surface area contributed by atoms with Crippen LogP contribution in [0.2, 0.25) is 5.02 Å². The molecule has 0 heterocycles. The third-order valence-electron chi connectivity index (χ3n) is 2.90. The molecule has 1 aromatic carbocycles. The van der Waals surface area contributed by atoms with Gasteiger partial charge in [0.1, 0.15) is 6.07 Å². The zero-order chi connectivity index (χ0) is 11.4. The molecule has 0 saturated heterocycles. The minimum atomic E-state index is 0.663. The smallest absolute Gasteiger partial charge is 0.101 e. The van der Waals surface area contributed by atoms with Crippen molar-refractivity contribution >= 4 is 17.3 Å². The van der Waals surface area contributed by atoms with Gasteiger partial charge in [0.25, 0.3) is 0 Å². The first kappa shape index (κ1) is 11.3. The van der Waals surface area contributed by atoms with Crippen LogP contribution in [0.4, 0.5) is 5.69 Å². The number of hydrogen-bond donors (Lipinski definition) is 1. The van der Waals surface area contributed by atoms with Gasteiger partial charge in [0.2, 0.25) is 0 Å². The molecule has 0 amide bonds. The lowest BCUT2D eigenvalue weighted by Gasteiger charge is -2.08. The van der Waals surface area contributed by atoms with Crippen molar-refractivity contribution in [2.75, 3.05) is 11.9 Å². The molecule has 1 aliphatic rings. The van der Waals surface area contributed by atoms with Crippen LogP contribution >= 0.6 is 11.6 Å². The van der Waals surface area contributed by atoms with Crippen LogP contribution in [0.5, 0.6) is 0 Å². The molecule has 0 radical (unpaired) electrons. The number of benzene rings is 1. The number of halogens is 1. The van der Waals surface area contributed by atoms with E-state index in [2.05, 4.69) is 11.4 Å². The largest absolute Gasteiger partial charge is 0.384 e. The lowest BCUT2D eigenvalue weighted by atomic mass is 10.2. The third-order valence-corrected chi connectivity index (χ3v) is 3.14. The maximum Gasteiger partial charge on any atom is 0.101 e. The second-order valence-electron chi connectivity index (χ2n) is 4.31. The highest BCUT2D eigenvalue weighted by molar-refractivity contribution is 6.30. The fraction of sp³-hybridized carbons (Fsp3) is 0.462. The summed E-state index contributed by atoms with van der Waals surface area (Å²) in [6.07, 6.45) is 5.28. The van der Waals surface area contributed by atoms with Crippen molar-refractivity contribution in [1.82, 2.24) is 0 Å². The topological polar surface area (TPSA) is 35.8 Å². The quantitative estimate of drug-likeness (QED) is 0.787. The van der Waals surface area contributed by atoms with E-state index in [0.29, 0.717) is 10.6 Å². The normalized spacial score (nSPS) is 14.5. The van der Waals surface area contributed by atoms with Gasteiger partial charge in [-0.1, -0.05) is 24.4 Å². The number of hydrogen-bond acceptors (Lipinski definition) is 2. The average Bonchev–Trinajstić information content (AvgIpc) is 3.08. The fourth-order valence-corrected chi connectivity index (χ4v) is 1.95. The summed E-state index contributed by atoms with van der Waals surface area (Å²) in [5, 5.41) is 12.9. The first-order valence-electron chi connectivity index (χ1n) is 5.73. The van der Waals surface area contributed by atoms with Gasteiger partial charge < -0.3 is 5.32 Å². The van der Waals surface area contributed by atoms with E-state index in [1.54, 1.807) is 12.1 Å².